The summed E-state index contributed by atoms with van der Waals surface area (Å²) in [7, 11) is 0. The van der Waals surface area contributed by atoms with Crippen molar-refractivity contribution < 1.29 is 14.6 Å². The minimum absolute atomic E-state index is 0.0552. The van der Waals surface area contributed by atoms with Gasteiger partial charge in [-0.1, -0.05) is 12.1 Å². The third-order valence-electron chi connectivity index (χ3n) is 4.11. The Balaban J connectivity index is 1.71. The van der Waals surface area contributed by atoms with E-state index in [1.165, 1.54) is 0 Å². The maximum Gasteiger partial charge on any atom is 0.257 e. The number of carbonyl (C=O) groups is 1. The Morgan fingerprint density at radius 1 is 1.29 bits per heavy atom. The first-order valence-electron chi connectivity index (χ1n) is 7.69. The summed E-state index contributed by atoms with van der Waals surface area (Å²) in [6, 6.07) is 5.97. The van der Waals surface area contributed by atoms with Crippen LogP contribution in [0.4, 0.5) is 0 Å². The second-order valence-corrected chi connectivity index (χ2v) is 6.04. The number of hydrogen-bond acceptors (Lipinski definition) is 3. The number of aryl methyl sites for hydroxylation is 2. The SMILES string of the molecule is Cc1ccc(C)c(OCC(=O)NCC2CCC(O)CC2)c1. The van der Waals surface area contributed by atoms with Gasteiger partial charge in [-0.2, -0.15) is 0 Å². The molecule has 0 radical (unpaired) electrons. The zero-order valence-corrected chi connectivity index (χ0v) is 12.9. The third-order valence-corrected chi connectivity index (χ3v) is 4.11. The molecule has 0 heterocycles. The van der Waals surface area contributed by atoms with Gasteiger partial charge in [-0.25, -0.2) is 0 Å². The average Bonchev–Trinajstić information content (AvgIpc) is 2.47. The van der Waals surface area contributed by atoms with E-state index < -0.39 is 0 Å². The predicted molar refractivity (Wildman–Crippen MR) is 82.4 cm³/mol. The van der Waals surface area contributed by atoms with E-state index in [-0.39, 0.29) is 18.6 Å². The number of carbonyl (C=O) groups excluding carboxylic acids is 1. The number of rotatable bonds is 5. The molecule has 1 aliphatic carbocycles. The van der Waals surface area contributed by atoms with Crippen LogP contribution in [0.15, 0.2) is 18.2 Å². The molecule has 0 bridgehead atoms. The van der Waals surface area contributed by atoms with E-state index in [2.05, 4.69) is 5.32 Å². The number of ether oxygens (including phenoxy) is 1. The summed E-state index contributed by atoms with van der Waals surface area (Å²) in [6.07, 6.45) is 3.52. The highest BCUT2D eigenvalue weighted by Crippen LogP contribution is 2.23. The lowest BCUT2D eigenvalue weighted by Crippen LogP contribution is -2.35. The van der Waals surface area contributed by atoms with Gasteiger partial charge < -0.3 is 15.2 Å². The first kappa shape index (κ1) is 15.8. The largest absolute Gasteiger partial charge is 0.483 e. The summed E-state index contributed by atoms with van der Waals surface area (Å²) in [4.78, 5) is 11.8. The van der Waals surface area contributed by atoms with E-state index in [4.69, 9.17) is 4.74 Å². The minimum Gasteiger partial charge on any atom is -0.483 e. The van der Waals surface area contributed by atoms with Gasteiger partial charge in [-0.15, -0.1) is 0 Å². The fourth-order valence-electron chi connectivity index (χ4n) is 2.66. The van der Waals surface area contributed by atoms with Crippen molar-refractivity contribution in [1.29, 1.82) is 0 Å². The van der Waals surface area contributed by atoms with Crippen LogP contribution >= 0.6 is 0 Å². The van der Waals surface area contributed by atoms with E-state index in [0.717, 1.165) is 42.6 Å². The van der Waals surface area contributed by atoms with Gasteiger partial charge in [0.25, 0.3) is 5.91 Å². The summed E-state index contributed by atoms with van der Waals surface area (Å²) in [5, 5.41) is 12.4. The highest BCUT2D eigenvalue weighted by Gasteiger charge is 2.19. The lowest BCUT2D eigenvalue weighted by atomic mass is 9.87. The van der Waals surface area contributed by atoms with Crippen molar-refractivity contribution in [2.45, 2.75) is 45.6 Å². The van der Waals surface area contributed by atoms with Crippen LogP contribution in [0, 0.1) is 19.8 Å². The van der Waals surface area contributed by atoms with Crippen LogP contribution in [-0.2, 0) is 4.79 Å². The molecule has 2 N–H and O–H groups in total. The quantitative estimate of drug-likeness (QED) is 0.875. The number of aliphatic hydroxyl groups excluding tert-OH is 1. The first-order valence-corrected chi connectivity index (χ1v) is 7.69. The zero-order chi connectivity index (χ0) is 15.2. The highest BCUT2D eigenvalue weighted by atomic mass is 16.5. The predicted octanol–water partition coefficient (Wildman–Crippen LogP) is 2.35. The van der Waals surface area contributed by atoms with Crippen molar-refractivity contribution in [3.63, 3.8) is 0 Å². The molecule has 1 amide bonds. The first-order chi connectivity index (χ1) is 10.0. The molecular formula is C17H25NO3. The van der Waals surface area contributed by atoms with E-state index in [0.29, 0.717) is 12.5 Å². The van der Waals surface area contributed by atoms with Crippen LogP contribution in [0.25, 0.3) is 0 Å². The van der Waals surface area contributed by atoms with Gasteiger partial charge >= 0.3 is 0 Å². The fourth-order valence-corrected chi connectivity index (χ4v) is 2.66. The molecule has 0 spiro atoms. The third kappa shape index (κ3) is 5.05. The second-order valence-electron chi connectivity index (χ2n) is 6.04. The molecule has 1 aromatic rings. The number of hydrogen-bond donors (Lipinski definition) is 2. The standard InChI is InChI=1S/C17H25NO3/c1-12-3-4-13(2)16(9-12)21-11-17(20)18-10-14-5-7-15(19)8-6-14/h3-4,9,14-15,19H,5-8,10-11H2,1-2H3,(H,18,20). The van der Waals surface area contributed by atoms with Gasteiger partial charge in [-0.05, 0) is 62.6 Å². The summed E-state index contributed by atoms with van der Waals surface area (Å²) < 4.78 is 5.58. The van der Waals surface area contributed by atoms with Gasteiger partial charge in [0.15, 0.2) is 6.61 Å². The Morgan fingerprint density at radius 2 is 2.00 bits per heavy atom. The van der Waals surface area contributed by atoms with Gasteiger partial charge in [0.1, 0.15) is 5.75 Å². The van der Waals surface area contributed by atoms with Crippen LogP contribution in [-0.4, -0.2) is 30.3 Å². The Kier molecular flexibility index (Phi) is 5.62. The summed E-state index contributed by atoms with van der Waals surface area (Å²) in [6.45, 7) is 4.71. The number of benzene rings is 1. The van der Waals surface area contributed by atoms with Gasteiger partial charge in [-0.3, -0.25) is 4.79 Å². The van der Waals surface area contributed by atoms with Gasteiger partial charge in [0.2, 0.25) is 0 Å². The minimum atomic E-state index is -0.149. The Bertz CT molecular complexity index is 479. The highest BCUT2D eigenvalue weighted by molar-refractivity contribution is 5.77. The molecule has 4 heteroatoms. The molecule has 0 saturated heterocycles. The van der Waals surface area contributed by atoms with Crippen molar-refractivity contribution in [1.82, 2.24) is 5.32 Å². The van der Waals surface area contributed by atoms with E-state index in [1.807, 2.05) is 32.0 Å². The van der Waals surface area contributed by atoms with Crippen LogP contribution < -0.4 is 10.1 Å². The number of amides is 1. The molecular weight excluding hydrogens is 266 g/mol. The van der Waals surface area contributed by atoms with E-state index in [9.17, 15) is 9.90 Å². The van der Waals surface area contributed by atoms with Crippen LogP contribution in [0.3, 0.4) is 0 Å². The van der Waals surface area contributed by atoms with Crippen LogP contribution in [0.5, 0.6) is 5.75 Å². The van der Waals surface area contributed by atoms with Crippen molar-refractivity contribution in [3.8, 4) is 5.75 Å². The fraction of sp³-hybridized carbons (Fsp3) is 0.588. The molecule has 1 fully saturated rings. The lowest BCUT2D eigenvalue weighted by Gasteiger charge is -2.25. The molecule has 1 saturated carbocycles. The van der Waals surface area contributed by atoms with E-state index in [1.54, 1.807) is 0 Å². The molecule has 21 heavy (non-hydrogen) atoms. The van der Waals surface area contributed by atoms with E-state index >= 15 is 0 Å². The molecule has 1 aromatic carbocycles. The normalized spacial score (nSPS) is 21.9. The Hall–Kier alpha value is -1.55. The zero-order valence-electron chi connectivity index (χ0n) is 12.9. The molecule has 1 aliphatic rings. The van der Waals surface area contributed by atoms with Crippen LogP contribution in [0.2, 0.25) is 0 Å². The smallest absolute Gasteiger partial charge is 0.257 e. The molecule has 116 valence electrons. The molecule has 0 aromatic heterocycles. The lowest BCUT2D eigenvalue weighted by molar-refractivity contribution is -0.123. The summed E-state index contributed by atoms with van der Waals surface area (Å²) >= 11 is 0. The van der Waals surface area contributed by atoms with Gasteiger partial charge in [0, 0.05) is 6.54 Å². The molecule has 0 aliphatic heterocycles. The van der Waals surface area contributed by atoms with Crippen molar-refractivity contribution in [2.75, 3.05) is 13.2 Å². The van der Waals surface area contributed by atoms with Gasteiger partial charge in [0.05, 0.1) is 6.10 Å². The Morgan fingerprint density at radius 3 is 2.71 bits per heavy atom. The topological polar surface area (TPSA) is 58.6 Å². The monoisotopic (exact) mass is 291 g/mol. The molecule has 4 nitrogen and oxygen atoms in total. The number of aliphatic hydroxyl groups is 1. The molecule has 0 unspecified atom stereocenters. The molecule has 0 atom stereocenters. The maximum absolute atomic E-state index is 11.8. The van der Waals surface area contributed by atoms with Crippen molar-refractivity contribution in [3.05, 3.63) is 29.3 Å². The van der Waals surface area contributed by atoms with Crippen molar-refractivity contribution >= 4 is 5.91 Å². The maximum atomic E-state index is 11.8. The Labute approximate surface area is 126 Å². The molecule has 2 rings (SSSR count). The second kappa shape index (κ2) is 7.46. The summed E-state index contributed by atoms with van der Waals surface area (Å²) in [5.41, 5.74) is 2.16. The van der Waals surface area contributed by atoms with Crippen LogP contribution in [0.1, 0.15) is 36.8 Å². The summed E-state index contributed by atoms with van der Waals surface area (Å²) in [5.74, 6) is 1.17. The number of nitrogens with one attached hydrogen (secondary N) is 1. The van der Waals surface area contributed by atoms with Crippen molar-refractivity contribution in [2.24, 2.45) is 5.92 Å². The average molecular weight is 291 g/mol.